The predicted molar refractivity (Wildman–Crippen MR) is 117 cm³/mol. The van der Waals surface area contributed by atoms with Gasteiger partial charge in [-0.15, -0.1) is 0 Å². The van der Waals surface area contributed by atoms with E-state index in [1.165, 1.54) is 22.4 Å². The van der Waals surface area contributed by atoms with Crippen LogP contribution in [0.2, 0.25) is 0 Å². The van der Waals surface area contributed by atoms with Crippen molar-refractivity contribution in [3.8, 4) is 0 Å². The Morgan fingerprint density at radius 1 is 1.03 bits per heavy atom. The molecular weight excluding hydrogens is 375 g/mol. The van der Waals surface area contributed by atoms with Gasteiger partial charge in [-0.05, 0) is 65.6 Å². The summed E-state index contributed by atoms with van der Waals surface area (Å²) >= 11 is 0. The molecule has 1 N–H and O–H groups in total. The van der Waals surface area contributed by atoms with Gasteiger partial charge in [0.05, 0.1) is 6.04 Å². The summed E-state index contributed by atoms with van der Waals surface area (Å²) < 4.78 is 13.7. The molecule has 0 spiro atoms. The van der Waals surface area contributed by atoms with Crippen molar-refractivity contribution in [2.45, 2.75) is 37.6 Å². The Kier molecular flexibility index (Phi) is 3.92. The number of nitrogens with one attached hydrogen (secondary N) is 1. The van der Waals surface area contributed by atoms with Gasteiger partial charge in [0, 0.05) is 36.7 Å². The molecule has 0 saturated heterocycles. The number of halogens is 1. The number of carbonyl (C=O) groups excluding carboxylic acids is 1. The Morgan fingerprint density at radius 2 is 1.73 bits per heavy atom. The maximum atomic E-state index is 13.7. The minimum Gasteiger partial charge on any atom is -0.363 e. The van der Waals surface area contributed by atoms with E-state index in [2.05, 4.69) is 46.7 Å². The average molecular weight is 400 g/mol. The van der Waals surface area contributed by atoms with Crippen LogP contribution in [-0.2, 0) is 4.79 Å². The molecule has 4 aliphatic rings. The molecule has 5 atom stereocenters. The normalized spacial score (nSPS) is 30.1. The van der Waals surface area contributed by atoms with Gasteiger partial charge in [0.15, 0.2) is 0 Å². The van der Waals surface area contributed by atoms with E-state index in [-0.39, 0.29) is 17.8 Å². The first-order chi connectivity index (χ1) is 14.6. The summed E-state index contributed by atoms with van der Waals surface area (Å²) in [7, 11) is 0. The molecule has 30 heavy (non-hydrogen) atoms. The Labute approximate surface area is 176 Å². The lowest BCUT2D eigenvalue weighted by molar-refractivity contribution is -0.114. The van der Waals surface area contributed by atoms with Crippen molar-refractivity contribution in [3.05, 3.63) is 83.2 Å². The van der Waals surface area contributed by atoms with Gasteiger partial charge in [0.25, 0.3) is 0 Å². The number of amides is 1. The van der Waals surface area contributed by atoms with Crippen molar-refractivity contribution >= 4 is 17.3 Å². The second kappa shape index (κ2) is 6.56. The number of hydrogen-bond donors (Lipinski definition) is 1. The van der Waals surface area contributed by atoms with Crippen LogP contribution in [0.15, 0.2) is 60.7 Å². The van der Waals surface area contributed by atoms with E-state index in [0.29, 0.717) is 23.7 Å². The second-order valence-corrected chi connectivity index (χ2v) is 9.14. The SMILES string of the molecule is CC(=O)Nc1cc2c3c(c1)[C@H]1C=CC[C@@H]1[C@H](c1ccc(F)cc1)N3C[C@H]1CC=C[C@H]21. The van der Waals surface area contributed by atoms with Crippen LogP contribution in [-0.4, -0.2) is 12.5 Å². The number of benzene rings is 2. The zero-order chi connectivity index (χ0) is 20.4. The third-order valence-corrected chi connectivity index (χ3v) is 7.38. The maximum Gasteiger partial charge on any atom is 0.221 e. The van der Waals surface area contributed by atoms with Gasteiger partial charge in [0.1, 0.15) is 5.82 Å². The van der Waals surface area contributed by atoms with E-state index in [1.54, 1.807) is 19.1 Å². The number of allylic oxidation sites excluding steroid dienone is 4. The highest BCUT2D eigenvalue weighted by Gasteiger charge is 2.47. The lowest BCUT2D eigenvalue weighted by Crippen LogP contribution is -2.46. The van der Waals surface area contributed by atoms with Gasteiger partial charge in [-0.2, -0.15) is 0 Å². The van der Waals surface area contributed by atoms with Gasteiger partial charge in [0.2, 0.25) is 5.91 Å². The third-order valence-electron chi connectivity index (χ3n) is 7.38. The molecule has 6 rings (SSSR count). The van der Waals surface area contributed by atoms with E-state index >= 15 is 0 Å². The fourth-order valence-electron chi connectivity index (χ4n) is 6.29. The molecule has 4 heteroatoms. The molecule has 2 aliphatic carbocycles. The van der Waals surface area contributed by atoms with Gasteiger partial charge >= 0.3 is 0 Å². The number of anilines is 2. The molecule has 0 saturated carbocycles. The van der Waals surface area contributed by atoms with Gasteiger partial charge < -0.3 is 10.2 Å². The summed E-state index contributed by atoms with van der Waals surface area (Å²) in [5.41, 5.74) is 6.08. The van der Waals surface area contributed by atoms with Crippen LogP contribution in [0.25, 0.3) is 0 Å². The number of hydrogen-bond acceptors (Lipinski definition) is 2. The molecule has 0 fully saturated rings. The summed E-state index contributed by atoms with van der Waals surface area (Å²) in [6, 6.07) is 11.7. The van der Waals surface area contributed by atoms with E-state index < -0.39 is 0 Å². The molecule has 0 bridgehead atoms. The van der Waals surface area contributed by atoms with Gasteiger partial charge in [-0.3, -0.25) is 4.79 Å². The minimum absolute atomic E-state index is 0.0353. The Morgan fingerprint density at radius 3 is 2.50 bits per heavy atom. The molecular formula is C26H25FN2O. The van der Waals surface area contributed by atoms with Crippen molar-refractivity contribution in [1.82, 2.24) is 0 Å². The van der Waals surface area contributed by atoms with Crippen LogP contribution in [0.3, 0.4) is 0 Å². The lowest BCUT2D eigenvalue weighted by Gasteiger charge is -2.51. The summed E-state index contributed by atoms with van der Waals surface area (Å²) in [6.45, 7) is 2.58. The highest BCUT2D eigenvalue weighted by Crippen LogP contribution is 2.59. The number of nitrogens with zero attached hydrogens (tertiary/aromatic N) is 1. The Balaban J connectivity index is 1.56. The van der Waals surface area contributed by atoms with E-state index in [4.69, 9.17) is 0 Å². The van der Waals surface area contributed by atoms with E-state index in [0.717, 1.165) is 25.1 Å². The monoisotopic (exact) mass is 400 g/mol. The molecule has 1 amide bonds. The van der Waals surface area contributed by atoms with Crippen molar-refractivity contribution in [2.75, 3.05) is 16.8 Å². The number of carbonyl (C=O) groups is 1. The Bertz CT molecular complexity index is 1070. The third kappa shape index (κ3) is 2.59. The van der Waals surface area contributed by atoms with E-state index in [1.807, 2.05) is 12.1 Å². The fourth-order valence-corrected chi connectivity index (χ4v) is 6.29. The van der Waals surface area contributed by atoms with Crippen molar-refractivity contribution in [3.63, 3.8) is 0 Å². The summed E-state index contributed by atoms with van der Waals surface area (Å²) in [5, 5.41) is 3.03. The largest absolute Gasteiger partial charge is 0.363 e. The highest BCUT2D eigenvalue weighted by molar-refractivity contribution is 5.90. The van der Waals surface area contributed by atoms with Crippen LogP contribution in [0, 0.1) is 17.7 Å². The first kappa shape index (κ1) is 17.9. The molecule has 0 radical (unpaired) electrons. The lowest BCUT2D eigenvalue weighted by atomic mass is 9.70. The minimum atomic E-state index is -0.185. The average Bonchev–Trinajstić information content (AvgIpc) is 3.38. The second-order valence-electron chi connectivity index (χ2n) is 9.14. The maximum absolute atomic E-state index is 13.7. The molecule has 0 unspecified atom stereocenters. The molecule has 0 aromatic heterocycles. The zero-order valence-electron chi connectivity index (χ0n) is 17.0. The van der Waals surface area contributed by atoms with E-state index in [9.17, 15) is 9.18 Å². The fraction of sp³-hybridized carbons (Fsp3) is 0.346. The van der Waals surface area contributed by atoms with Crippen LogP contribution in [0.4, 0.5) is 15.8 Å². The molecule has 3 nitrogen and oxygen atoms in total. The molecule has 2 aromatic carbocycles. The van der Waals surface area contributed by atoms with Crippen molar-refractivity contribution in [2.24, 2.45) is 11.8 Å². The molecule has 2 aliphatic heterocycles. The summed E-state index contributed by atoms with van der Waals surface area (Å²) in [5.74, 6) is 1.48. The highest BCUT2D eigenvalue weighted by atomic mass is 19.1. The quantitative estimate of drug-likeness (QED) is 0.658. The molecule has 152 valence electrons. The number of rotatable bonds is 2. The van der Waals surface area contributed by atoms with Crippen LogP contribution in [0.1, 0.15) is 54.3 Å². The smallest absolute Gasteiger partial charge is 0.221 e. The summed E-state index contributed by atoms with van der Waals surface area (Å²) in [4.78, 5) is 14.4. The summed E-state index contributed by atoms with van der Waals surface area (Å²) in [6.07, 6.45) is 11.4. The topological polar surface area (TPSA) is 32.3 Å². The Hall–Kier alpha value is -2.88. The predicted octanol–water partition coefficient (Wildman–Crippen LogP) is 5.68. The van der Waals surface area contributed by atoms with Crippen LogP contribution < -0.4 is 10.2 Å². The standard InChI is InChI=1S/C26H25FN2O/c1-15(30)28-19-12-23-20-5-2-4-17(20)14-29-25(16-8-10-18(27)11-9-16)22-7-3-6-21(22)24(13-19)26(23)29/h2-3,5-6,8-13,17,20-22,25H,4,7,14H2,1H3,(H,28,30)/t17-,20+,21+,22+,25+/m1/s1. The number of fused-ring (bicyclic) bond motifs is 4. The van der Waals surface area contributed by atoms with Crippen LogP contribution in [0.5, 0.6) is 0 Å². The van der Waals surface area contributed by atoms with Crippen LogP contribution >= 0.6 is 0 Å². The van der Waals surface area contributed by atoms with Crippen molar-refractivity contribution in [1.29, 1.82) is 0 Å². The first-order valence-electron chi connectivity index (χ1n) is 10.9. The first-order valence-corrected chi connectivity index (χ1v) is 10.9. The molecule has 2 heterocycles. The molecule has 2 aromatic rings. The van der Waals surface area contributed by atoms with Crippen molar-refractivity contribution < 1.29 is 9.18 Å². The van der Waals surface area contributed by atoms with Gasteiger partial charge in [-0.1, -0.05) is 36.4 Å². The zero-order valence-corrected chi connectivity index (χ0v) is 17.0. The van der Waals surface area contributed by atoms with Gasteiger partial charge in [-0.25, -0.2) is 4.39 Å².